The first-order chi connectivity index (χ1) is 8.75. The minimum Gasteiger partial charge on any atom is -0.356 e. The lowest BCUT2D eigenvalue weighted by Gasteiger charge is -2.08. The molecule has 1 aromatic heterocycles. The van der Waals surface area contributed by atoms with Crippen molar-refractivity contribution < 1.29 is 4.79 Å². The van der Waals surface area contributed by atoms with Gasteiger partial charge in [0.2, 0.25) is 5.91 Å². The highest BCUT2D eigenvalue weighted by Gasteiger charge is 2.15. The maximum atomic E-state index is 11.7. The molecular weight excluding hydrogens is 228 g/mol. The number of hydrogen-bond acceptors (Lipinski definition) is 3. The molecule has 100 valence electrons. The van der Waals surface area contributed by atoms with Crippen molar-refractivity contribution in [3.05, 3.63) is 18.0 Å². The predicted octanol–water partition coefficient (Wildman–Crippen LogP) is 0.469. The molecule has 0 aromatic carbocycles. The molecule has 0 aliphatic carbocycles. The van der Waals surface area contributed by atoms with Crippen molar-refractivity contribution in [1.29, 1.82) is 0 Å². The number of nitrogens with zero attached hydrogens (tertiary/aromatic N) is 2. The summed E-state index contributed by atoms with van der Waals surface area (Å²) in [4.78, 5) is 11.7. The molecule has 0 bridgehead atoms. The van der Waals surface area contributed by atoms with Crippen LogP contribution in [0.1, 0.15) is 25.0 Å². The smallest absolute Gasteiger partial charge is 0.220 e. The molecule has 1 fully saturated rings. The Labute approximate surface area is 108 Å². The molecule has 1 aliphatic heterocycles. The van der Waals surface area contributed by atoms with Gasteiger partial charge in [0.15, 0.2) is 0 Å². The zero-order chi connectivity index (χ0) is 12.8. The maximum Gasteiger partial charge on any atom is 0.220 e. The van der Waals surface area contributed by atoms with Crippen molar-refractivity contribution in [3.63, 3.8) is 0 Å². The number of aromatic nitrogens is 2. The van der Waals surface area contributed by atoms with Gasteiger partial charge in [-0.25, -0.2) is 0 Å². The second-order valence-electron chi connectivity index (χ2n) is 4.94. The first kappa shape index (κ1) is 13.1. The van der Waals surface area contributed by atoms with Crippen LogP contribution in [0, 0.1) is 5.92 Å². The Morgan fingerprint density at radius 3 is 3.22 bits per heavy atom. The van der Waals surface area contributed by atoms with Crippen LogP contribution in [0.4, 0.5) is 0 Å². The molecule has 0 spiro atoms. The lowest BCUT2D eigenvalue weighted by atomic mass is 10.0. The van der Waals surface area contributed by atoms with Crippen LogP contribution in [0.3, 0.4) is 0 Å². The molecule has 1 aliphatic rings. The largest absolute Gasteiger partial charge is 0.356 e. The van der Waals surface area contributed by atoms with E-state index in [9.17, 15) is 4.79 Å². The van der Waals surface area contributed by atoms with Gasteiger partial charge in [-0.2, -0.15) is 5.10 Å². The van der Waals surface area contributed by atoms with Crippen LogP contribution >= 0.6 is 0 Å². The van der Waals surface area contributed by atoms with Gasteiger partial charge >= 0.3 is 0 Å². The van der Waals surface area contributed by atoms with Gasteiger partial charge in [-0.3, -0.25) is 9.48 Å². The summed E-state index contributed by atoms with van der Waals surface area (Å²) in [7, 11) is 1.92. The maximum absolute atomic E-state index is 11.7. The normalized spacial score (nSPS) is 19.1. The van der Waals surface area contributed by atoms with Crippen molar-refractivity contribution in [2.45, 2.75) is 25.7 Å². The molecule has 0 saturated carbocycles. The number of hydrogen-bond donors (Lipinski definition) is 2. The van der Waals surface area contributed by atoms with E-state index in [-0.39, 0.29) is 5.91 Å². The highest BCUT2D eigenvalue weighted by molar-refractivity contribution is 5.75. The number of nitrogens with one attached hydrogen (secondary N) is 2. The molecule has 2 heterocycles. The number of aryl methyl sites for hydroxylation is 1. The summed E-state index contributed by atoms with van der Waals surface area (Å²) >= 11 is 0. The van der Waals surface area contributed by atoms with Crippen LogP contribution in [0.5, 0.6) is 0 Å². The molecular formula is C13H22N4O. The summed E-state index contributed by atoms with van der Waals surface area (Å²) in [6.07, 6.45) is 5.49. The molecule has 2 rings (SSSR count). The Morgan fingerprint density at radius 2 is 2.56 bits per heavy atom. The summed E-state index contributed by atoms with van der Waals surface area (Å²) in [5.74, 6) is 0.858. The van der Waals surface area contributed by atoms with Crippen molar-refractivity contribution in [2.75, 3.05) is 19.6 Å². The summed E-state index contributed by atoms with van der Waals surface area (Å²) in [5.41, 5.74) is 1.15. The lowest BCUT2D eigenvalue weighted by molar-refractivity contribution is -0.121. The summed E-state index contributed by atoms with van der Waals surface area (Å²) in [6, 6.07) is 1.98. The summed E-state index contributed by atoms with van der Waals surface area (Å²) in [5, 5.41) is 10.4. The van der Waals surface area contributed by atoms with Crippen LogP contribution in [0.2, 0.25) is 0 Å². The molecule has 1 saturated heterocycles. The minimum absolute atomic E-state index is 0.170. The fourth-order valence-electron chi connectivity index (χ4n) is 2.36. The molecule has 1 aromatic rings. The van der Waals surface area contributed by atoms with Gasteiger partial charge in [0, 0.05) is 38.3 Å². The molecule has 2 N–H and O–H groups in total. The van der Waals surface area contributed by atoms with E-state index in [1.807, 2.05) is 17.8 Å². The van der Waals surface area contributed by atoms with Crippen LogP contribution in [-0.2, 0) is 18.3 Å². The first-order valence-corrected chi connectivity index (χ1v) is 6.70. The highest BCUT2D eigenvalue weighted by atomic mass is 16.1. The SMILES string of the molecule is Cn1nccc1CCNC(=O)CCC1CCNC1. The van der Waals surface area contributed by atoms with Gasteiger partial charge in [0.25, 0.3) is 0 Å². The summed E-state index contributed by atoms with van der Waals surface area (Å²) < 4.78 is 1.84. The summed E-state index contributed by atoms with van der Waals surface area (Å²) in [6.45, 7) is 2.87. The molecule has 1 amide bonds. The van der Waals surface area contributed by atoms with E-state index in [1.54, 1.807) is 6.20 Å². The van der Waals surface area contributed by atoms with Gasteiger partial charge in [0.05, 0.1) is 0 Å². The number of rotatable bonds is 6. The minimum atomic E-state index is 0.170. The van der Waals surface area contributed by atoms with E-state index in [1.165, 1.54) is 6.42 Å². The topological polar surface area (TPSA) is 59.0 Å². The van der Waals surface area contributed by atoms with Gasteiger partial charge in [0.1, 0.15) is 0 Å². The molecule has 5 heteroatoms. The fraction of sp³-hybridized carbons (Fsp3) is 0.692. The van der Waals surface area contributed by atoms with E-state index in [2.05, 4.69) is 15.7 Å². The van der Waals surface area contributed by atoms with Crippen LogP contribution in [0.25, 0.3) is 0 Å². The predicted molar refractivity (Wildman–Crippen MR) is 70.1 cm³/mol. The Morgan fingerprint density at radius 1 is 1.67 bits per heavy atom. The van der Waals surface area contributed by atoms with Gasteiger partial charge < -0.3 is 10.6 Å². The fourth-order valence-corrected chi connectivity index (χ4v) is 2.36. The van der Waals surface area contributed by atoms with Crippen LogP contribution in [0.15, 0.2) is 12.3 Å². The van der Waals surface area contributed by atoms with Gasteiger partial charge in [-0.15, -0.1) is 0 Å². The number of carbonyl (C=O) groups excluding carboxylic acids is 1. The highest BCUT2D eigenvalue weighted by Crippen LogP contribution is 2.13. The third-order valence-electron chi connectivity index (χ3n) is 3.57. The molecule has 1 atom stereocenters. The zero-order valence-corrected chi connectivity index (χ0v) is 11.0. The average molecular weight is 250 g/mol. The Bertz CT molecular complexity index is 382. The second kappa shape index (κ2) is 6.54. The van der Waals surface area contributed by atoms with E-state index < -0.39 is 0 Å². The second-order valence-corrected chi connectivity index (χ2v) is 4.94. The standard InChI is InChI=1S/C13H22N4O/c1-17-12(6-9-16-17)5-8-15-13(18)3-2-11-4-7-14-10-11/h6,9,11,14H,2-5,7-8,10H2,1H3,(H,15,18). The quantitative estimate of drug-likeness (QED) is 0.771. The number of amides is 1. The lowest BCUT2D eigenvalue weighted by Crippen LogP contribution is -2.26. The van der Waals surface area contributed by atoms with E-state index >= 15 is 0 Å². The van der Waals surface area contributed by atoms with Gasteiger partial charge in [-0.1, -0.05) is 0 Å². The Balaban J connectivity index is 1.58. The average Bonchev–Trinajstić information content (AvgIpc) is 2.99. The van der Waals surface area contributed by atoms with Crippen LogP contribution in [-0.4, -0.2) is 35.3 Å². The van der Waals surface area contributed by atoms with E-state index in [0.29, 0.717) is 18.9 Å². The Hall–Kier alpha value is -1.36. The van der Waals surface area contributed by atoms with E-state index in [0.717, 1.165) is 31.6 Å². The van der Waals surface area contributed by atoms with E-state index in [4.69, 9.17) is 0 Å². The third kappa shape index (κ3) is 3.84. The van der Waals surface area contributed by atoms with Gasteiger partial charge in [-0.05, 0) is 37.9 Å². The third-order valence-corrected chi connectivity index (χ3v) is 3.57. The van der Waals surface area contributed by atoms with Crippen molar-refractivity contribution in [2.24, 2.45) is 13.0 Å². The Kier molecular flexibility index (Phi) is 4.75. The molecule has 18 heavy (non-hydrogen) atoms. The molecule has 0 radical (unpaired) electrons. The van der Waals surface area contributed by atoms with Crippen molar-refractivity contribution in [1.82, 2.24) is 20.4 Å². The first-order valence-electron chi connectivity index (χ1n) is 6.70. The monoisotopic (exact) mass is 250 g/mol. The zero-order valence-electron chi connectivity index (χ0n) is 11.0. The molecule has 1 unspecified atom stereocenters. The number of carbonyl (C=O) groups is 1. The molecule has 5 nitrogen and oxygen atoms in total. The van der Waals surface area contributed by atoms with Crippen molar-refractivity contribution >= 4 is 5.91 Å². The van der Waals surface area contributed by atoms with Crippen molar-refractivity contribution in [3.8, 4) is 0 Å². The van der Waals surface area contributed by atoms with Crippen LogP contribution < -0.4 is 10.6 Å².